The molecule has 3 aromatic carbocycles. The topological polar surface area (TPSA) is 68.1 Å². The van der Waals surface area contributed by atoms with Gasteiger partial charge in [0, 0.05) is 9.13 Å². The normalized spacial score (nSPS) is 15.7. The molecule has 34 heavy (non-hydrogen) atoms. The fraction of sp³-hybridized carbons (Fsp3) is 0.111. The van der Waals surface area contributed by atoms with Gasteiger partial charge < -0.3 is 14.6 Å². The van der Waals surface area contributed by atoms with Gasteiger partial charge in [-0.05, 0) is 71.5 Å². The van der Waals surface area contributed by atoms with E-state index >= 15 is 0 Å². The number of hydrogen-bond acceptors (Lipinski definition) is 6. The van der Waals surface area contributed by atoms with Gasteiger partial charge >= 0.3 is 5.97 Å². The van der Waals surface area contributed by atoms with E-state index in [0.717, 1.165) is 14.7 Å². The van der Waals surface area contributed by atoms with Crippen LogP contribution in [0, 0.1) is 3.57 Å². The van der Waals surface area contributed by atoms with Crippen molar-refractivity contribution in [3.63, 3.8) is 0 Å². The van der Waals surface area contributed by atoms with Gasteiger partial charge in [0.05, 0.1) is 17.2 Å². The van der Waals surface area contributed by atoms with Gasteiger partial charge in [0.1, 0.15) is 28.7 Å². The van der Waals surface area contributed by atoms with Gasteiger partial charge in [0.15, 0.2) is 0 Å². The Morgan fingerprint density at radius 3 is 2.47 bits per heavy atom. The third-order valence-corrected chi connectivity index (χ3v) is 6.61. The fourth-order valence-corrected chi connectivity index (χ4v) is 4.61. The molecule has 0 saturated heterocycles. The Hall–Kier alpha value is -3.04. The summed E-state index contributed by atoms with van der Waals surface area (Å²) in [6.07, 6.45) is 1.80. The number of aliphatic hydroxyl groups excluding tert-OH is 1. The first kappa shape index (κ1) is 24.1. The lowest BCUT2D eigenvalue weighted by Crippen LogP contribution is -2.12. The van der Waals surface area contributed by atoms with E-state index in [-0.39, 0.29) is 17.9 Å². The van der Waals surface area contributed by atoms with E-state index < -0.39 is 5.97 Å². The van der Waals surface area contributed by atoms with E-state index in [0.29, 0.717) is 28.0 Å². The number of halogens is 1. The fourth-order valence-electron chi connectivity index (χ4n) is 3.23. The van der Waals surface area contributed by atoms with Crippen molar-refractivity contribution in [2.75, 3.05) is 6.61 Å². The second kappa shape index (κ2) is 11.4. The number of aliphatic imine (C=N–C) groups is 1. The molecule has 0 radical (unpaired) electrons. The number of rotatable bonds is 7. The average Bonchev–Trinajstić information content (AvgIpc) is 3.14. The van der Waals surface area contributed by atoms with Crippen LogP contribution in [0.2, 0.25) is 0 Å². The van der Waals surface area contributed by atoms with E-state index in [2.05, 4.69) is 27.6 Å². The lowest BCUT2D eigenvalue weighted by Gasteiger charge is -2.10. The third kappa shape index (κ3) is 5.90. The SMILES string of the molecule is CCOC(=O)C1=C(O)/C(=C/c2ccccc2OCc2ccc(I)cc2)SC1=Nc1ccccc1. The summed E-state index contributed by atoms with van der Waals surface area (Å²) in [5, 5.41) is 11.3. The molecule has 0 spiro atoms. The molecule has 4 rings (SSSR count). The number of carbonyl (C=O) groups excluding carboxylic acids is 1. The molecule has 1 aliphatic rings. The molecule has 172 valence electrons. The zero-order valence-corrected chi connectivity index (χ0v) is 21.4. The number of thioether (sulfide) groups is 1. The number of carbonyl (C=O) groups is 1. The molecule has 3 aromatic rings. The summed E-state index contributed by atoms with van der Waals surface area (Å²) in [6.45, 7) is 2.34. The van der Waals surface area contributed by atoms with Crippen LogP contribution < -0.4 is 4.74 Å². The Morgan fingerprint density at radius 1 is 1.03 bits per heavy atom. The van der Waals surface area contributed by atoms with Gasteiger partial charge in [-0.25, -0.2) is 9.79 Å². The Labute approximate surface area is 216 Å². The second-order valence-electron chi connectivity index (χ2n) is 7.26. The Bertz CT molecular complexity index is 1270. The number of ether oxygens (including phenoxy) is 2. The summed E-state index contributed by atoms with van der Waals surface area (Å²) >= 11 is 3.49. The number of esters is 1. The molecule has 1 N–H and O–H groups in total. The van der Waals surface area contributed by atoms with Crippen LogP contribution in [-0.2, 0) is 16.1 Å². The van der Waals surface area contributed by atoms with Crippen molar-refractivity contribution in [3.05, 3.63) is 110 Å². The summed E-state index contributed by atoms with van der Waals surface area (Å²) in [5.41, 5.74) is 2.59. The molecular formula is C27H22INO4S. The highest BCUT2D eigenvalue weighted by Crippen LogP contribution is 2.41. The zero-order valence-electron chi connectivity index (χ0n) is 18.4. The van der Waals surface area contributed by atoms with Gasteiger partial charge in [-0.2, -0.15) is 0 Å². The lowest BCUT2D eigenvalue weighted by atomic mass is 10.1. The van der Waals surface area contributed by atoms with Gasteiger partial charge in [0.2, 0.25) is 0 Å². The Kier molecular flexibility index (Phi) is 8.08. The van der Waals surface area contributed by atoms with Gasteiger partial charge in [-0.15, -0.1) is 0 Å². The summed E-state index contributed by atoms with van der Waals surface area (Å²) < 4.78 is 12.4. The van der Waals surface area contributed by atoms with Gasteiger partial charge in [0.25, 0.3) is 0 Å². The van der Waals surface area contributed by atoms with E-state index in [1.165, 1.54) is 11.8 Å². The van der Waals surface area contributed by atoms with Crippen molar-refractivity contribution < 1.29 is 19.4 Å². The van der Waals surface area contributed by atoms with Crippen LogP contribution in [0.4, 0.5) is 5.69 Å². The van der Waals surface area contributed by atoms with E-state index in [9.17, 15) is 9.90 Å². The minimum Gasteiger partial charge on any atom is -0.506 e. The minimum atomic E-state index is -0.603. The number of aliphatic hydroxyl groups is 1. The lowest BCUT2D eigenvalue weighted by molar-refractivity contribution is -0.138. The number of hydrogen-bond donors (Lipinski definition) is 1. The third-order valence-electron chi connectivity index (χ3n) is 4.87. The molecule has 0 saturated carbocycles. The number of benzene rings is 3. The number of para-hydroxylation sites is 2. The van der Waals surface area contributed by atoms with E-state index in [1.807, 2.05) is 78.9 Å². The highest BCUT2D eigenvalue weighted by Gasteiger charge is 2.33. The Morgan fingerprint density at radius 2 is 1.74 bits per heavy atom. The van der Waals surface area contributed by atoms with Crippen molar-refractivity contribution in [1.82, 2.24) is 0 Å². The molecule has 1 heterocycles. The standard InChI is InChI=1S/C27H22INO4S/c1-2-32-27(31)24-25(30)23(34-26(24)29-21-9-4-3-5-10-21)16-19-8-6-7-11-22(19)33-17-18-12-14-20(28)15-13-18/h3-16,30H,2,17H2,1H3/b23-16-,29-26?. The first-order valence-electron chi connectivity index (χ1n) is 10.7. The summed E-state index contributed by atoms with van der Waals surface area (Å²) in [7, 11) is 0. The predicted molar refractivity (Wildman–Crippen MR) is 145 cm³/mol. The molecule has 0 fully saturated rings. The van der Waals surface area contributed by atoms with Crippen LogP contribution in [-0.4, -0.2) is 22.7 Å². The van der Waals surface area contributed by atoms with Crippen molar-refractivity contribution in [3.8, 4) is 5.75 Å². The predicted octanol–water partition coefficient (Wildman–Crippen LogP) is 7.06. The first-order chi connectivity index (χ1) is 16.5. The summed E-state index contributed by atoms with van der Waals surface area (Å²) in [4.78, 5) is 17.7. The smallest absolute Gasteiger partial charge is 0.344 e. The molecule has 0 amide bonds. The zero-order chi connectivity index (χ0) is 23.9. The van der Waals surface area contributed by atoms with Crippen LogP contribution in [0.25, 0.3) is 6.08 Å². The molecule has 0 unspecified atom stereocenters. The number of nitrogens with zero attached hydrogens (tertiary/aromatic N) is 1. The van der Waals surface area contributed by atoms with Crippen LogP contribution in [0.5, 0.6) is 5.75 Å². The van der Waals surface area contributed by atoms with Crippen molar-refractivity contribution >= 4 is 57.1 Å². The van der Waals surface area contributed by atoms with Crippen molar-refractivity contribution in [1.29, 1.82) is 0 Å². The molecule has 0 aromatic heterocycles. The molecule has 7 heteroatoms. The average molecular weight is 583 g/mol. The minimum absolute atomic E-state index is 0.0687. The Balaban J connectivity index is 1.65. The molecule has 0 atom stereocenters. The van der Waals surface area contributed by atoms with E-state index in [1.54, 1.807) is 13.0 Å². The highest BCUT2D eigenvalue weighted by molar-refractivity contribution is 14.1. The summed E-state index contributed by atoms with van der Waals surface area (Å²) in [6, 6.07) is 25.0. The first-order valence-corrected chi connectivity index (χ1v) is 12.6. The molecule has 5 nitrogen and oxygen atoms in total. The quantitative estimate of drug-likeness (QED) is 0.238. The van der Waals surface area contributed by atoms with Gasteiger partial charge in [-0.1, -0.05) is 60.3 Å². The molecule has 1 aliphatic heterocycles. The maximum Gasteiger partial charge on any atom is 0.344 e. The van der Waals surface area contributed by atoms with Crippen molar-refractivity contribution in [2.45, 2.75) is 13.5 Å². The van der Waals surface area contributed by atoms with Crippen LogP contribution in [0.3, 0.4) is 0 Å². The maximum absolute atomic E-state index is 12.6. The van der Waals surface area contributed by atoms with Crippen LogP contribution in [0.1, 0.15) is 18.1 Å². The largest absolute Gasteiger partial charge is 0.506 e. The highest BCUT2D eigenvalue weighted by atomic mass is 127. The second-order valence-corrected chi connectivity index (χ2v) is 9.54. The molecule has 0 aliphatic carbocycles. The van der Waals surface area contributed by atoms with E-state index in [4.69, 9.17) is 9.47 Å². The van der Waals surface area contributed by atoms with Crippen LogP contribution in [0.15, 0.2) is 100 Å². The van der Waals surface area contributed by atoms with Crippen molar-refractivity contribution in [2.24, 2.45) is 4.99 Å². The van der Waals surface area contributed by atoms with Crippen LogP contribution >= 0.6 is 34.4 Å². The van der Waals surface area contributed by atoms with Gasteiger partial charge in [-0.3, -0.25) is 0 Å². The monoisotopic (exact) mass is 583 g/mol. The summed E-state index contributed by atoms with van der Waals surface area (Å²) in [5.74, 6) is -0.0764. The molecule has 0 bridgehead atoms. The molecular weight excluding hydrogens is 561 g/mol. The maximum atomic E-state index is 12.6.